The number of hydrazine groups is 1. The Kier molecular flexibility index (Phi) is 6.47. The van der Waals surface area contributed by atoms with Gasteiger partial charge in [0.2, 0.25) is 5.88 Å². The van der Waals surface area contributed by atoms with Crippen LogP contribution in [0.2, 0.25) is 0 Å². The van der Waals surface area contributed by atoms with Crippen LogP contribution in [0.1, 0.15) is 45.6 Å². The van der Waals surface area contributed by atoms with Crippen LogP contribution in [0.3, 0.4) is 0 Å². The number of pyridine rings is 1. The first-order valence-electron chi connectivity index (χ1n) is 10.7. The molecule has 1 amide bonds. The molecule has 4 rings (SSSR count). The number of amides is 1. The topological polar surface area (TPSA) is 97.7 Å². The molecule has 2 heterocycles. The second kappa shape index (κ2) is 9.48. The van der Waals surface area contributed by atoms with E-state index in [1.807, 2.05) is 0 Å². The lowest BCUT2D eigenvalue weighted by Gasteiger charge is -2.18. The molecule has 1 aliphatic rings. The molecule has 1 aliphatic heterocycles. The molecule has 0 aliphatic carbocycles. The minimum Gasteiger partial charge on any atom is -0.469 e. The smallest absolute Gasteiger partial charge is 0.260 e. The number of hydrogen-bond acceptors (Lipinski definition) is 6. The van der Waals surface area contributed by atoms with E-state index in [1.54, 1.807) is 50.4 Å². The molecule has 3 aromatic rings. The Morgan fingerprint density at radius 2 is 2.00 bits per heavy atom. The number of ether oxygens (including phenoxy) is 1. The van der Waals surface area contributed by atoms with Crippen molar-refractivity contribution in [3.05, 3.63) is 100 Å². The maximum atomic E-state index is 14.8. The number of carbonyl (C=O) groups excluding carboxylic acids is 1. The van der Waals surface area contributed by atoms with Gasteiger partial charge in [0.15, 0.2) is 0 Å². The van der Waals surface area contributed by atoms with Gasteiger partial charge in [0.05, 0.1) is 5.70 Å². The number of rotatable bonds is 7. The zero-order valence-electron chi connectivity index (χ0n) is 18.8. The van der Waals surface area contributed by atoms with Crippen molar-refractivity contribution < 1.29 is 18.3 Å². The van der Waals surface area contributed by atoms with Gasteiger partial charge in [0, 0.05) is 49.2 Å². The summed E-state index contributed by atoms with van der Waals surface area (Å²) in [6, 6.07) is 12.6. The summed E-state index contributed by atoms with van der Waals surface area (Å²) in [4.78, 5) is 18.9. The van der Waals surface area contributed by atoms with Crippen molar-refractivity contribution in [2.75, 3.05) is 7.05 Å². The number of aromatic nitrogens is 1. The Hall–Kier alpha value is -3.98. The molecule has 9 heteroatoms. The molecule has 1 atom stereocenters. The molecule has 4 N–H and O–H groups in total. The highest BCUT2D eigenvalue weighted by atomic mass is 19.1. The Labute approximate surface area is 196 Å². The monoisotopic (exact) mass is 465 g/mol. The summed E-state index contributed by atoms with van der Waals surface area (Å²) in [6.45, 7) is 2.03. The van der Waals surface area contributed by atoms with Crippen LogP contribution in [0, 0.1) is 11.6 Å². The molecule has 0 saturated carbocycles. The normalized spacial score (nSPS) is 14.2. The third kappa shape index (κ3) is 4.69. The SMILES string of the molecule is CC(Oc1nccc2c1C(=O)N(Cc1ccc(/C(N)=C/N(C)N)cc1F)C2)c1ccccc1F. The fourth-order valence-corrected chi connectivity index (χ4v) is 3.88. The van der Waals surface area contributed by atoms with Gasteiger partial charge >= 0.3 is 0 Å². The summed E-state index contributed by atoms with van der Waals surface area (Å²) in [5.74, 6) is 4.46. The predicted octanol–water partition coefficient (Wildman–Crippen LogP) is 3.72. The van der Waals surface area contributed by atoms with Crippen LogP contribution in [0.5, 0.6) is 5.88 Å². The number of hydrogen-bond donors (Lipinski definition) is 2. The standard InChI is InChI=1S/C25H25F2N5O2/c1-15(19-5-3-4-6-20(19)26)34-24-23-18(9-10-30-24)13-32(25(23)33)12-17-8-7-16(11-21(17)27)22(28)14-31(2)29/h3-11,14-15H,12-13,28-29H2,1-2H3/b22-14-. The van der Waals surface area contributed by atoms with E-state index in [9.17, 15) is 13.6 Å². The second-order valence-corrected chi connectivity index (χ2v) is 8.15. The van der Waals surface area contributed by atoms with E-state index in [1.165, 1.54) is 34.4 Å². The molecular weight excluding hydrogens is 440 g/mol. The highest BCUT2D eigenvalue weighted by Gasteiger charge is 2.33. The maximum absolute atomic E-state index is 14.8. The van der Waals surface area contributed by atoms with Crippen LogP contribution >= 0.6 is 0 Å². The Bertz CT molecular complexity index is 1260. The van der Waals surface area contributed by atoms with Gasteiger partial charge in [-0.25, -0.2) is 19.6 Å². The lowest BCUT2D eigenvalue weighted by atomic mass is 10.1. The van der Waals surface area contributed by atoms with Crippen molar-refractivity contribution in [1.29, 1.82) is 0 Å². The zero-order chi connectivity index (χ0) is 24.4. The van der Waals surface area contributed by atoms with E-state index in [0.717, 1.165) is 0 Å². The minimum atomic E-state index is -0.655. The average Bonchev–Trinajstić information content (AvgIpc) is 3.11. The van der Waals surface area contributed by atoms with E-state index in [-0.39, 0.29) is 24.9 Å². The van der Waals surface area contributed by atoms with Crippen LogP contribution in [0.25, 0.3) is 5.70 Å². The Balaban J connectivity index is 1.53. The molecule has 1 aromatic heterocycles. The third-order valence-electron chi connectivity index (χ3n) is 5.59. The molecule has 1 unspecified atom stereocenters. The van der Waals surface area contributed by atoms with Crippen molar-refractivity contribution in [2.45, 2.75) is 26.1 Å². The van der Waals surface area contributed by atoms with Gasteiger partial charge in [0.1, 0.15) is 23.3 Å². The molecule has 0 bridgehead atoms. The third-order valence-corrected chi connectivity index (χ3v) is 5.59. The maximum Gasteiger partial charge on any atom is 0.260 e. The van der Waals surface area contributed by atoms with Crippen LogP contribution in [-0.4, -0.2) is 27.8 Å². The van der Waals surface area contributed by atoms with Gasteiger partial charge in [0.25, 0.3) is 5.91 Å². The predicted molar refractivity (Wildman–Crippen MR) is 124 cm³/mol. The van der Waals surface area contributed by atoms with Crippen molar-refractivity contribution >= 4 is 11.6 Å². The lowest BCUT2D eigenvalue weighted by Crippen LogP contribution is -2.24. The van der Waals surface area contributed by atoms with Crippen molar-refractivity contribution in [1.82, 2.24) is 14.9 Å². The van der Waals surface area contributed by atoms with Crippen molar-refractivity contribution in [3.63, 3.8) is 0 Å². The second-order valence-electron chi connectivity index (χ2n) is 8.15. The Morgan fingerprint density at radius 1 is 1.24 bits per heavy atom. The zero-order valence-corrected chi connectivity index (χ0v) is 18.8. The number of carbonyl (C=O) groups is 1. The van der Waals surface area contributed by atoms with Crippen LogP contribution in [0.4, 0.5) is 8.78 Å². The molecule has 0 saturated heterocycles. The summed E-state index contributed by atoms with van der Waals surface area (Å²) in [6.07, 6.45) is 2.36. The van der Waals surface area contributed by atoms with Gasteiger partial charge in [-0.2, -0.15) is 0 Å². The summed E-state index contributed by atoms with van der Waals surface area (Å²) in [7, 11) is 1.61. The number of halogens is 2. The van der Waals surface area contributed by atoms with Gasteiger partial charge in [-0.05, 0) is 30.7 Å². The van der Waals surface area contributed by atoms with Crippen molar-refractivity contribution in [2.24, 2.45) is 11.6 Å². The molecule has 34 heavy (non-hydrogen) atoms. The molecule has 0 radical (unpaired) electrons. The molecule has 7 nitrogen and oxygen atoms in total. The summed E-state index contributed by atoms with van der Waals surface area (Å²) >= 11 is 0. The van der Waals surface area contributed by atoms with Gasteiger partial charge in [-0.1, -0.05) is 30.3 Å². The fourth-order valence-electron chi connectivity index (χ4n) is 3.88. The van der Waals surface area contributed by atoms with Gasteiger partial charge in [-0.15, -0.1) is 0 Å². The minimum absolute atomic E-state index is 0.0579. The summed E-state index contributed by atoms with van der Waals surface area (Å²) in [5.41, 5.74) is 8.45. The highest BCUT2D eigenvalue weighted by Crippen LogP contribution is 2.33. The van der Waals surface area contributed by atoms with Gasteiger partial charge in [-0.3, -0.25) is 4.79 Å². The van der Waals surface area contributed by atoms with Crippen molar-refractivity contribution in [3.8, 4) is 5.88 Å². The van der Waals surface area contributed by atoms with Crippen LogP contribution in [-0.2, 0) is 13.1 Å². The fraction of sp³-hybridized carbons (Fsp3) is 0.200. The number of benzene rings is 2. The van der Waals surface area contributed by atoms with E-state index < -0.39 is 17.7 Å². The van der Waals surface area contributed by atoms with E-state index in [0.29, 0.717) is 33.5 Å². The first kappa shape index (κ1) is 23.2. The highest BCUT2D eigenvalue weighted by molar-refractivity contribution is 6.00. The number of nitrogens with zero attached hydrogens (tertiary/aromatic N) is 3. The molecule has 0 fully saturated rings. The Morgan fingerprint density at radius 3 is 2.71 bits per heavy atom. The van der Waals surface area contributed by atoms with E-state index >= 15 is 0 Å². The van der Waals surface area contributed by atoms with E-state index in [4.69, 9.17) is 16.3 Å². The summed E-state index contributed by atoms with van der Waals surface area (Å²) in [5, 5.41) is 1.28. The average molecular weight is 466 g/mol. The molecule has 0 spiro atoms. The van der Waals surface area contributed by atoms with Gasteiger partial charge < -0.3 is 20.4 Å². The largest absolute Gasteiger partial charge is 0.469 e. The lowest BCUT2D eigenvalue weighted by molar-refractivity contribution is 0.0759. The molecule has 2 aromatic carbocycles. The van der Waals surface area contributed by atoms with E-state index in [2.05, 4.69) is 4.98 Å². The molecular formula is C25H25F2N5O2. The van der Waals surface area contributed by atoms with Crippen LogP contribution < -0.4 is 16.3 Å². The number of nitrogens with two attached hydrogens (primary N) is 2. The number of fused-ring (bicyclic) bond motifs is 1. The molecule has 176 valence electrons. The quantitative estimate of drug-likeness (QED) is 0.408. The first-order valence-corrected chi connectivity index (χ1v) is 10.7. The summed E-state index contributed by atoms with van der Waals surface area (Å²) < 4.78 is 34.8. The first-order chi connectivity index (χ1) is 16.2. The van der Waals surface area contributed by atoms with Crippen LogP contribution in [0.15, 0.2) is 60.9 Å².